The molecule has 1 fully saturated rings. The maximum absolute atomic E-state index is 10.4. The lowest BCUT2D eigenvalue weighted by Gasteiger charge is -2.24. The van der Waals surface area contributed by atoms with Crippen LogP contribution in [0.15, 0.2) is 5.10 Å². The first-order valence-electron chi connectivity index (χ1n) is 5.29. The highest BCUT2D eigenvalue weighted by molar-refractivity contribution is 5.73. The second-order valence-corrected chi connectivity index (χ2v) is 4.01. The van der Waals surface area contributed by atoms with Gasteiger partial charge >= 0.3 is 6.03 Å². The zero-order valence-electron chi connectivity index (χ0n) is 8.70. The summed E-state index contributed by atoms with van der Waals surface area (Å²) < 4.78 is 0. The van der Waals surface area contributed by atoms with Gasteiger partial charge in [-0.15, -0.1) is 0 Å². The van der Waals surface area contributed by atoms with E-state index >= 15 is 0 Å². The second kappa shape index (κ2) is 5.62. The highest BCUT2D eigenvalue weighted by Crippen LogP contribution is 2.28. The molecule has 0 aliphatic heterocycles. The van der Waals surface area contributed by atoms with Crippen LogP contribution in [0.25, 0.3) is 0 Å². The van der Waals surface area contributed by atoms with Crippen molar-refractivity contribution >= 4 is 12.2 Å². The molecular formula is C10H19N3O. The third-order valence-corrected chi connectivity index (χ3v) is 2.88. The lowest BCUT2D eigenvalue weighted by molar-refractivity contribution is 0.249. The van der Waals surface area contributed by atoms with Crippen LogP contribution in [0.2, 0.25) is 0 Å². The summed E-state index contributed by atoms with van der Waals surface area (Å²) in [5.41, 5.74) is 7.12. The van der Waals surface area contributed by atoms with E-state index in [2.05, 4.69) is 17.5 Å². The Bertz CT molecular complexity index is 209. The Morgan fingerprint density at radius 2 is 2.14 bits per heavy atom. The number of rotatable bonds is 3. The smallest absolute Gasteiger partial charge is 0.332 e. The minimum Gasteiger partial charge on any atom is -0.350 e. The van der Waals surface area contributed by atoms with Gasteiger partial charge in [0.2, 0.25) is 0 Å². The van der Waals surface area contributed by atoms with Crippen LogP contribution in [-0.2, 0) is 0 Å². The molecule has 0 aromatic carbocycles. The van der Waals surface area contributed by atoms with Crippen LogP contribution in [0.3, 0.4) is 0 Å². The van der Waals surface area contributed by atoms with Gasteiger partial charge in [-0.25, -0.2) is 10.2 Å². The molecule has 1 aliphatic carbocycles. The monoisotopic (exact) mass is 197 g/mol. The molecule has 0 heterocycles. The van der Waals surface area contributed by atoms with Crippen molar-refractivity contribution < 1.29 is 4.79 Å². The van der Waals surface area contributed by atoms with E-state index in [1.165, 1.54) is 32.1 Å². The number of urea groups is 1. The number of nitrogens with two attached hydrogens (primary N) is 1. The van der Waals surface area contributed by atoms with Gasteiger partial charge in [-0.1, -0.05) is 26.2 Å². The van der Waals surface area contributed by atoms with Crippen molar-refractivity contribution in [3.63, 3.8) is 0 Å². The van der Waals surface area contributed by atoms with Gasteiger partial charge in [0.1, 0.15) is 0 Å². The number of nitrogens with zero attached hydrogens (tertiary/aromatic N) is 1. The number of amides is 2. The topological polar surface area (TPSA) is 67.5 Å². The number of hydrogen-bond acceptors (Lipinski definition) is 2. The fraction of sp³-hybridized carbons (Fsp3) is 0.800. The Kier molecular flexibility index (Phi) is 4.43. The van der Waals surface area contributed by atoms with Crippen LogP contribution in [-0.4, -0.2) is 12.2 Å². The van der Waals surface area contributed by atoms with Gasteiger partial charge in [0.25, 0.3) is 0 Å². The van der Waals surface area contributed by atoms with Crippen LogP contribution < -0.4 is 11.2 Å². The van der Waals surface area contributed by atoms with E-state index in [0.717, 1.165) is 5.92 Å². The average molecular weight is 197 g/mol. The Morgan fingerprint density at radius 1 is 1.50 bits per heavy atom. The molecule has 3 N–H and O–H groups in total. The highest BCUT2D eigenvalue weighted by atomic mass is 16.2. The quantitative estimate of drug-likeness (QED) is 0.526. The van der Waals surface area contributed by atoms with Crippen molar-refractivity contribution in [2.24, 2.45) is 22.7 Å². The van der Waals surface area contributed by atoms with E-state index < -0.39 is 6.03 Å². The maximum atomic E-state index is 10.4. The molecule has 1 unspecified atom stereocenters. The molecule has 4 nitrogen and oxygen atoms in total. The molecule has 0 radical (unpaired) electrons. The lowest BCUT2D eigenvalue weighted by atomic mass is 9.81. The SMILES string of the molecule is CC(/C=N/NC(N)=O)C1CCCCC1. The third kappa shape index (κ3) is 3.77. The molecule has 1 rings (SSSR count). The third-order valence-electron chi connectivity index (χ3n) is 2.88. The number of hydrazone groups is 1. The summed E-state index contributed by atoms with van der Waals surface area (Å²) in [5.74, 6) is 1.16. The molecule has 0 spiro atoms. The molecule has 1 saturated carbocycles. The van der Waals surface area contributed by atoms with Crippen molar-refractivity contribution in [2.45, 2.75) is 39.0 Å². The van der Waals surface area contributed by atoms with E-state index in [-0.39, 0.29) is 0 Å². The normalized spacial score (nSPS) is 20.9. The summed E-state index contributed by atoms with van der Waals surface area (Å²) in [7, 11) is 0. The number of carbonyl (C=O) groups is 1. The minimum atomic E-state index is -0.600. The molecule has 2 amide bonds. The van der Waals surface area contributed by atoms with Crippen molar-refractivity contribution in [3.05, 3.63) is 0 Å². The van der Waals surface area contributed by atoms with Crippen LogP contribution in [0, 0.1) is 11.8 Å². The number of nitrogens with one attached hydrogen (secondary N) is 1. The van der Waals surface area contributed by atoms with Crippen molar-refractivity contribution in [3.8, 4) is 0 Å². The van der Waals surface area contributed by atoms with Crippen LogP contribution >= 0.6 is 0 Å². The van der Waals surface area contributed by atoms with Gasteiger partial charge in [-0.2, -0.15) is 5.10 Å². The number of hydrogen-bond donors (Lipinski definition) is 2. The fourth-order valence-electron chi connectivity index (χ4n) is 2.00. The Labute approximate surface area is 84.9 Å². The first kappa shape index (κ1) is 11.0. The molecule has 80 valence electrons. The summed E-state index contributed by atoms with van der Waals surface area (Å²) in [6.45, 7) is 2.14. The average Bonchev–Trinajstić information content (AvgIpc) is 2.18. The Hall–Kier alpha value is -1.06. The predicted molar refractivity (Wildman–Crippen MR) is 57.0 cm³/mol. The zero-order chi connectivity index (χ0) is 10.4. The van der Waals surface area contributed by atoms with Crippen molar-refractivity contribution in [2.75, 3.05) is 0 Å². The minimum absolute atomic E-state index is 0.433. The van der Waals surface area contributed by atoms with E-state index in [0.29, 0.717) is 5.92 Å². The van der Waals surface area contributed by atoms with Crippen LogP contribution in [0.4, 0.5) is 4.79 Å². The molecule has 0 saturated heterocycles. The van der Waals surface area contributed by atoms with Gasteiger partial charge < -0.3 is 5.73 Å². The molecule has 0 aromatic heterocycles. The Morgan fingerprint density at radius 3 is 2.71 bits per heavy atom. The summed E-state index contributed by atoms with van der Waals surface area (Å²) >= 11 is 0. The zero-order valence-corrected chi connectivity index (χ0v) is 8.70. The second-order valence-electron chi connectivity index (χ2n) is 4.01. The standard InChI is InChI=1S/C10H19N3O/c1-8(7-12-13-10(11)14)9-5-3-2-4-6-9/h7-9H,2-6H2,1H3,(H3,11,13,14)/b12-7+. The first-order chi connectivity index (χ1) is 6.70. The van der Waals surface area contributed by atoms with Crippen LogP contribution in [0.5, 0.6) is 0 Å². The van der Waals surface area contributed by atoms with Crippen LogP contribution in [0.1, 0.15) is 39.0 Å². The van der Waals surface area contributed by atoms with Gasteiger partial charge in [0, 0.05) is 6.21 Å². The summed E-state index contributed by atoms with van der Waals surface area (Å²) in [6, 6.07) is -0.600. The number of primary amides is 1. The summed E-state index contributed by atoms with van der Waals surface area (Å²) in [6.07, 6.45) is 8.37. The van der Waals surface area contributed by atoms with E-state index in [4.69, 9.17) is 5.73 Å². The molecule has 4 heteroatoms. The number of carbonyl (C=O) groups excluding carboxylic acids is 1. The summed E-state index contributed by atoms with van der Waals surface area (Å²) in [5, 5.41) is 3.80. The van der Waals surface area contributed by atoms with E-state index in [1.807, 2.05) is 0 Å². The molecular weight excluding hydrogens is 178 g/mol. The molecule has 0 bridgehead atoms. The first-order valence-corrected chi connectivity index (χ1v) is 5.29. The van der Waals surface area contributed by atoms with Gasteiger partial charge in [0.05, 0.1) is 0 Å². The van der Waals surface area contributed by atoms with E-state index in [1.54, 1.807) is 6.21 Å². The fourth-order valence-corrected chi connectivity index (χ4v) is 2.00. The van der Waals surface area contributed by atoms with E-state index in [9.17, 15) is 4.79 Å². The molecule has 1 aliphatic rings. The van der Waals surface area contributed by atoms with Crippen molar-refractivity contribution in [1.29, 1.82) is 0 Å². The maximum Gasteiger partial charge on any atom is 0.332 e. The highest BCUT2D eigenvalue weighted by Gasteiger charge is 2.18. The summed E-state index contributed by atoms with van der Waals surface area (Å²) in [4.78, 5) is 10.4. The largest absolute Gasteiger partial charge is 0.350 e. The predicted octanol–water partition coefficient (Wildman–Crippen LogP) is 1.86. The molecule has 1 atom stereocenters. The Balaban J connectivity index is 2.28. The molecule has 0 aromatic rings. The molecule has 14 heavy (non-hydrogen) atoms. The van der Waals surface area contributed by atoms with Gasteiger partial charge in [-0.3, -0.25) is 0 Å². The lowest BCUT2D eigenvalue weighted by Crippen LogP contribution is -2.25. The van der Waals surface area contributed by atoms with Crippen molar-refractivity contribution in [1.82, 2.24) is 5.43 Å². The van der Waals surface area contributed by atoms with Gasteiger partial charge in [-0.05, 0) is 24.7 Å². The van der Waals surface area contributed by atoms with Gasteiger partial charge in [0.15, 0.2) is 0 Å².